The van der Waals surface area contributed by atoms with Crippen molar-refractivity contribution < 1.29 is 14.3 Å². The molecule has 0 unspecified atom stereocenters. The standard InChI is InChI=1S/C17H33N3O3/c1-13(12-14(2)19-16(22)23-17(3,4)5)18-9-7-11-20-10-6-8-15(20)21/h13-14,18H,6-12H2,1-5H3,(H,19,22)/t13-,14+/m1/s1. The third kappa shape index (κ3) is 8.79. The van der Waals surface area contributed by atoms with Gasteiger partial charge in [-0.3, -0.25) is 4.79 Å². The fraction of sp³-hybridized carbons (Fsp3) is 0.882. The van der Waals surface area contributed by atoms with Gasteiger partial charge in [0.15, 0.2) is 0 Å². The van der Waals surface area contributed by atoms with Gasteiger partial charge in [0, 0.05) is 31.6 Å². The van der Waals surface area contributed by atoms with Gasteiger partial charge in [-0.25, -0.2) is 4.79 Å². The minimum Gasteiger partial charge on any atom is -0.444 e. The number of carbonyl (C=O) groups excluding carboxylic acids is 2. The summed E-state index contributed by atoms with van der Waals surface area (Å²) in [7, 11) is 0. The molecular formula is C17H33N3O3. The molecule has 1 rings (SSSR count). The quantitative estimate of drug-likeness (QED) is 0.671. The molecule has 2 N–H and O–H groups in total. The second-order valence-electron chi connectivity index (χ2n) is 7.48. The third-order valence-electron chi connectivity index (χ3n) is 3.74. The summed E-state index contributed by atoms with van der Waals surface area (Å²) in [6.45, 7) is 12.3. The molecule has 0 radical (unpaired) electrons. The predicted molar refractivity (Wildman–Crippen MR) is 91.3 cm³/mol. The number of likely N-dealkylation sites (tertiary alicyclic amines) is 1. The highest BCUT2D eigenvalue weighted by Gasteiger charge is 2.20. The molecule has 1 fully saturated rings. The lowest BCUT2D eigenvalue weighted by atomic mass is 10.1. The van der Waals surface area contributed by atoms with Crippen LogP contribution in [0.25, 0.3) is 0 Å². The molecule has 23 heavy (non-hydrogen) atoms. The number of rotatable bonds is 8. The van der Waals surface area contributed by atoms with E-state index in [9.17, 15) is 9.59 Å². The van der Waals surface area contributed by atoms with Crippen molar-refractivity contribution in [2.45, 2.75) is 78.0 Å². The normalized spacial score (nSPS) is 18.0. The summed E-state index contributed by atoms with van der Waals surface area (Å²) in [6, 6.07) is 0.349. The summed E-state index contributed by atoms with van der Waals surface area (Å²) in [4.78, 5) is 25.1. The van der Waals surface area contributed by atoms with E-state index in [0.29, 0.717) is 12.5 Å². The molecule has 6 heteroatoms. The maximum atomic E-state index is 11.7. The summed E-state index contributed by atoms with van der Waals surface area (Å²) >= 11 is 0. The van der Waals surface area contributed by atoms with E-state index in [1.54, 1.807) is 0 Å². The lowest BCUT2D eigenvalue weighted by Gasteiger charge is -2.24. The SMILES string of the molecule is C[C@H](C[C@H](C)NC(=O)OC(C)(C)C)NCCCN1CCCC1=O. The van der Waals surface area contributed by atoms with Gasteiger partial charge in [-0.15, -0.1) is 0 Å². The van der Waals surface area contributed by atoms with Gasteiger partial charge in [-0.1, -0.05) is 0 Å². The molecule has 2 amide bonds. The van der Waals surface area contributed by atoms with Gasteiger partial charge in [0.25, 0.3) is 0 Å². The predicted octanol–water partition coefficient (Wildman–Crippen LogP) is 2.28. The molecule has 0 aromatic carbocycles. The van der Waals surface area contributed by atoms with Crippen molar-refractivity contribution in [1.82, 2.24) is 15.5 Å². The van der Waals surface area contributed by atoms with Crippen molar-refractivity contribution in [3.05, 3.63) is 0 Å². The minimum atomic E-state index is -0.472. The molecule has 0 spiro atoms. The van der Waals surface area contributed by atoms with Crippen molar-refractivity contribution in [3.8, 4) is 0 Å². The van der Waals surface area contributed by atoms with Gasteiger partial charge in [0.1, 0.15) is 5.60 Å². The number of carbonyl (C=O) groups is 2. The molecule has 1 heterocycles. The Hall–Kier alpha value is -1.30. The number of ether oxygens (including phenoxy) is 1. The fourth-order valence-corrected chi connectivity index (χ4v) is 2.74. The molecule has 0 saturated carbocycles. The van der Waals surface area contributed by atoms with Crippen molar-refractivity contribution in [3.63, 3.8) is 0 Å². The fourth-order valence-electron chi connectivity index (χ4n) is 2.74. The second kappa shape index (κ2) is 9.11. The molecule has 1 aliphatic rings. The Kier molecular flexibility index (Phi) is 7.82. The van der Waals surface area contributed by atoms with Crippen LogP contribution in [0.5, 0.6) is 0 Å². The zero-order valence-corrected chi connectivity index (χ0v) is 15.3. The lowest BCUT2D eigenvalue weighted by Crippen LogP contribution is -2.41. The van der Waals surface area contributed by atoms with Gasteiger partial charge in [-0.2, -0.15) is 0 Å². The monoisotopic (exact) mass is 327 g/mol. The Morgan fingerprint density at radius 3 is 2.57 bits per heavy atom. The molecule has 0 aliphatic carbocycles. The van der Waals surface area contributed by atoms with Crippen molar-refractivity contribution >= 4 is 12.0 Å². The molecule has 2 atom stereocenters. The van der Waals surface area contributed by atoms with Crippen LogP contribution in [0, 0.1) is 0 Å². The van der Waals surface area contributed by atoms with Crippen LogP contribution in [-0.2, 0) is 9.53 Å². The molecule has 0 aromatic rings. The summed E-state index contributed by atoms with van der Waals surface area (Å²) in [6.07, 6.45) is 3.13. The Morgan fingerprint density at radius 1 is 1.30 bits per heavy atom. The van der Waals surface area contributed by atoms with E-state index in [4.69, 9.17) is 4.74 Å². The summed E-state index contributed by atoms with van der Waals surface area (Å²) in [5.74, 6) is 0.285. The van der Waals surface area contributed by atoms with Crippen LogP contribution in [-0.4, -0.2) is 54.2 Å². The second-order valence-corrected chi connectivity index (χ2v) is 7.48. The zero-order valence-electron chi connectivity index (χ0n) is 15.3. The van der Waals surface area contributed by atoms with E-state index < -0.39 is 5.60 Å². The lowest BCUT2D eigenvalue weighted by molar-refractivity contribution is -0.127. The van der Waals surface area contributed by atoms with Crippen molar-refractivity contribution in [1.29, 1.82) is 0 Å². The van der Waals surface area contributed by atoms with E-state index in [0.717, 1.165) is 38.9 Å². The van der Waals surface area contributed by atoms with Crippen LogP contribution in [0.3, 0.4) is 0 Å². The van der Waals surface area contributed by atoms with Gasteiger partial charge in [0.2, 0.25) is 5.91 Å². The smallest absolute Gasteiger partial charge is 0.407 e. The van der Waals surface area contributed by atoms with Gasteiger partial charge in [-0.05, 0) is 60.4 Å². The Balaban J connectivity index is 2.11. The zero-order chi connectivity index (χ0) is 17.5. The first kappa shape index (κ1) is 19.7. The number of nitrogens with one attached hydrogen (secondary N) is 2. The molecular weight excluding hydrogens is 294 g/mol. The molecule has 6 nitrogen and oxygen atoms in total. The molecule has 1 aliphatic heterocycles. The average molecular weight is 327 g/mol. The van der Waals surface area contributed by atoms with Crippen LogP contribution >= 0.6 is 0 Å². The van der Waals surface area contributed by atoms with Gasteiger partial charge >= 0.3 is 6.09 Å². The molecule has 0 aromatic heterocycles. The summed E-state index contributed by atoms with van der Waals surface area (Å²) in [5.41, 5.74) is -0.472. The summed E-state index contributed by atoms with van der Waals surface area (Å²) < 4.78 is 5.25. The maximum absolute atomic E-state index is 11.7. The van der Waals surface area contributed by atoms with Crippen LogP contribution in [0.2, 0.25) is 0 Å². The Bertz CT molecular complexity index is 393. The molecule has 134 valence electrons. The van der Waals surface area contributed by atoms with E-state index in [-0.39, 0.29) is 18.0 Å². The topological polar surface area (TPSA) is 70.7 Å². The van der Waals surface area contributed by atoms with Crippen LogP contribution in [0.4, 0.5) is 4.79 Å². The van der Waals surface area contributed by atoms with E-state index in [2.05, 4.69) is 17.6 Å². The highest BCUT2D eigenvalue weighted by Crippen LogP contribution is 2.10. The Morgan fingerprint density at radius 2 is 2.00 bits per heavy atom. The van der Waals surface area contributed by atoms with Crippen LogP contribution < -0.4 is 10.6 Å². The first-order chi connectivity index (χ1) is 10.7. The van der Waals surface area contributed by atoms with Crippen molar-refractivity contribution in [2.24, 2.45) is 0 Å². The van der Waals surface area contributed by atoms with Crippen LogP contribution in [0.15, 0.2) is 0 Å². The summed E-state index contributed by atoms with van der Waals surface area (Å²) in [5, 5.41) is 6.30. The average Bonchev–Trinajstić information content (AvgIpc) is 2.77. The number of hydrogen-bond acceptors (Lipinski definition) is 4. The first-order valence-electron chi connectivity index (χ1n) is 8.68. The van der Waals surface area contributed by atoms with Crippen molar-refractivity contribution in [2.75, 3.05) is 19.6 Å². The van der Waals surface area contributed by atoms with E-state index in [1.807, 2.05) is 32.6 Å². The van der Waals surface area contributed by atoms with Crippen LogP contribution in [0.1, 0.15) is 60.3 Å². The number of amides is 2. The minimum absolute atomic E-state index is 0.0486. The largest absolute Gasteiger partial charge is 0.444 e. The molecule has 0 bridgehead atoms. The Labute approximate surface area is 140 Å². The highest BCUT2D eigenvalue weighted by molar-refractivity contribution is 5.77. The van der Waals surface area contributed by atoms with E-state index in [1.165, 1.54) is 0 Å². The molecule has 1 saturated heterocycles. The first-order valence-corrected chi connectivity index (χ1v) is 8.68. The number of alkyl carbamates (subject to hydrolysis) is 1. The van der Waals surface area contributed by atoms with E-state index >= 15 is 0 Å². The number of nitrogens with zero attached hydrogens (tertiary/aromatic N) is 1. The number of hydrogen-bond donors (Lipinski definition) is 2. The highest BCUT2D eigenvalue weighted by atomic mass is 16.6. The third-order valence-corrected chi connectivity index (χ3v) is 3.74. The maximum Gasteiger partial charge on any atom is 0.407 e. The van der Waals surface area contributed by atoms with Gasteiger partial charge < -0.3 is 20.3 Å². The van der Waals surface area contributed by atoms with Gasteiger partial charge in [0.05, 0.1) is 0 Å².